The van der Waals surface area contributed by atoms with Crippen LogP contribution in [0.3, 0.4) is 0 Å². The molecule has 8 aromatic carbocycles. The van der Waals surface area contributed by atoms with Gasteiger partial charge in [0.1, 0.15) is 41.2 Å². The Morgan fingerprint density at radius 1 is 0.658 bits per heavy atom. The van der Waals surface area contributed by atoms with Crippen LogP contribution >= 0.6 is 0 Å². The number of fused-ring (bicyclic) bond motifs is 4. The second kappa shape index (κ2) is 23.0. The fourth-order valence-electron chi connectivity index (χ4n) is 9.81. The first-order valence-corrected chi connectivity index (χ1v) is 25.3. The number of benzene rings is 8. The van der Waals surface area contributed by atoms with Gasteiger partial charge in [0.25, 0.3) is 0 Å². The van der Waals surface area contributed by atoms with Gasteiger partial charge in [-0.1, -0.05) is 84.6 Å². The fraction of sp³-hybridized carbons (Fsp3) is 0.121. The number of hydrogen-bond acceptors (Lipinski definition) is 9. The number of phenols is 1. The molecule has 0 aliphatic carbocycles. The van der Waals surface area contributed by atoms with Gasteiger partial charge in [0, 0.05) is 90.1 Å². The molecule has 396 valence electrons. The van der Waals surface area contributed by atoms with E-state index in [-0.39, 0.29) is 34.1 Å². The third-order valence-electron chi connectivity index (χ3n) is 14.0. The minimum atomic E-state index is -1.34. The Kier molecular flexibility index (Phi) is 15.6. The molecule has 0 bridgehead atoms. The van der Waals surface area contributed by atoms with Gasteiger partial charge in [-0.05, 0) is 125 Å². The molecule has 0 unspecified atom stereocenters. The van der Waals surface area contributed by atoms with Crippen LogP contribution in [-0.2, 0) is 13.5 Å². The Labute approximate surface area is 456 Å². The first kappa shape index (κ1) is 53.7. The molecule has 0 saturated heterocycles. The van der Waals surface area contributed by atoms with Crippen molar-refractivity contribution in [1.29, 1.82) is 0 Å². The van der Waals surface area contributed by atoms with E-state index in [1.165, 1.54) is 63.1 Å². The van der Waals surface area contributed by atoms with E-state index in [9.17, 15) is 34.8 Å². The van der Waals surface area contributed by atoms with Crippen LogP contribution in [0.15, 0.2) is 185 Å². The van der Waals surface area contributed by atoms with Gasteiger partial charge in [-0.3, -0.25) is 4.79 Å². The molecule has 3 heterocycles. The molecule has 0 aliphatic heterocycles. The average Bonchev–Trinajstić information content (AvgIpc) is 3.90. The number of para-hydroxylation sites is 1. The minimum absolute atomic E-state index is 0.0864. The van der Waals surface area contributed by atoms with E-state index in [1.54, 1.807) is 80.9 Å². The molecule has 0 spiro atoms. The number of carboxylic acid groups (broad SMARTS) is 2. The molecule has 0 atom stereocenters. The topological polar surface area (TPSA) is 179 Å². The van der Waals surface area contributed by atoms with Crippen LogP contribution in [0.1, 0.15) is 54.5 Å². The number of rotatable bonds is 11. The second-order valence-electron chi connectivity index (χ2n) is 19.1. The predicted octanol–water partition coefficient (Wildman–Crippen LogP) is 12.5. The lowest BCUT2D eigenvalue weighted by Crippen LogP contribution is -2.32. The molecule has 3 N–H and O–H groups in total. The van der Waals surface area contributed by atoms with Crippen molar-refractivity contribution >= 4 is 73.2 Å². The summed E-state index contributed by atoms with van der Waals surface area (Å²) < 4.78 is 20.7. The highest BCUT2D eigenvalue weighted by molar-refractivity contribution is 6.02. The summed E-state index contributed by atoms with van der Waals surface area (Å²) in [5.41, 5.74) is 9.60. The number of ether oxygens (including phenoxy) is 2. The summed E-state index contributed by atoms with van der Waals surface area (Å²) in [7, 11) is 9.45. The van der Waals surface area contributed by atoms with Crippen LogP contribution in [0.25, 0.3) is 72.6 Å². The van der Waals surface area contributed by atoms with Crippen molar-refractivity contribution in [3.8, 4) is 40.0 Å². The zero-order chi connectivity index (χ0) is 56.1. The Bertz CT molecular complexity index is 4110. The van der Waals surface area contributed by atoms with E-state index in [0.717, 1.165) is 5.56 Å². The molecule has 11 aromatic rings. The van der Waals surface area contributed by atoms with Crippen molar-refractivity contribution in [3.63, 3.8) is 0 Å². The van der Waals surface area contributed by atoms with E-state index < -0.39 is 23.4 Å². The molecule has 0 amide bonds. The highest BCUT2D eigenvalue weighted by Crippen LogP contribution is 2.38. The first-order valence-electron chi connectivity index (χ1n) is 25.3. The summed E-state index contributed by atoms with van der Waals surface area (Å²) in [6.07, 6.45) is 4.32. The summed E-state index contributed by atoms with van der Waals surface area (Å²) in [4.78, 5) is 37.5. The Morgan fingerprint density at radius 3 is 1.97 bits per heavy atom. The standard InChI is InChI=1S/C26H28N3.C23H16O6.C17H14O4/c1-19-17-21(20(2)29(19)24-9-7-6-8-10-24)11-13-23-14-12-22-18-25(27(3)4)15-16-26(22)28(23)5;24-20-16(14-7-3-1-5-12(14)9-18(20)22(26)27)11-17-15-8-4-2-6-13(15)10-19(21(17)25)23(28)29;1-19-12-5-3-4-11(8-12)16-10-15(18)14-7-6-13(20-2)9-17(14)21-16/h6-18H,1-5H3;1-10,24-25H,11H2,(H,26,27)(H,28,29);3-10H,1-2H3/q+1;;/p-1. The van der Waals surface area contributed by atoms with Crippen molar-refractivity contribution in [1.82, 2.24) is 4.57 Å². The summed E-state index contributed by atoms with van der Waals surface area (Å²) in [5.74, 6) is -1.86. The highest BCUT2D eigenvalue weighted by Gasteiger charge is 2.21. The molecular formula is C66H57N3O10. The number of pyridine rings is 1. The fourth-order valence-corrected chi connectivity index (χ4v) is 9.81. The minimum Gasteiger partial charge on any atom is -0.872 e. The van der Waals surface area contributed by atoms with Gasteiger partial charge in [0.15, 0.2) is 5.43 Å². The lowest BCUT2D eigenvalue weighted by atomic mass is 9.90. The number of anilines is 1. The number of aromatic nitrogens is 2. The van der Waals surface area contributed by atoms with Crippen LogP contribution in [-0.4, -0.2) is 60.1 Å². The molecule has 13 nitrogen and oxygen atoms in total. The van der Waals surface area contributed by atoms with Gasteiger partial charge in [-0.15, -0.1) is 0 Å². The zero-order valence-electron chi connectivity index (χ0n) is 44.6. The molecule has 0 saturated carbocycles. The van der Waals surface area contributed by atoms with Gasteiger partial charge in [0.05, 0.1) is 25.2 Å². The molecule has 13 heteroatoms. The van der Waals surface area contributed by atoms with E-state index in [0.29, 0.717) is 49.8 Å². The molecule has 0 aliphatic rings. The normalized spacial score (nSPS) is 11.1. The maximum absolute atomic E-state index is 12.9. The molecular weight excluding hydrogens is 995 g/mol. The Hall–Kier alpha value is -10.1. The summed E-state index contributed by atoms with van der Waals surface area (Å²) in [6.45, 7) is 4.35. The third kappa shape index (κ3) is 11.2. The third-order valence-corrected chi connectivity index (χ3v) is 14.0. The lowest BCUT2D eigenvalue weighted by molar-refractivity contribution is -0.646. The SMILES string of the molecule is COc1cccc(-c2cc(=O)c3ccc(OC)cc3o2)c1.Cc1cc(C=Cc2ccc3cc(N(C)C)ccc3[n+]2C)c(C)n1-c1ccccc1.O=C(O)c1cc2ccccc2c(Cc2c(O)c(C(=O)O)cc3ccccc23)c1[O-]. The number of hydrogen-bond donors (Lipinski definition) is 3. The number of carboxylic acids is 2. The largest absolute Gasteiger partial charge is 0.872 e. The van der Waals surface area contributed by atoms with Crippen molar-refractivity contribution in [2.24, 2.45) is 7.05 Å². The summed E-state index contributed by atoms with van der Waals surface area (Å²) in [5, 5.41) is 46.6. The van der Waals surface area contributed by atoms with E-state index in [1.807, 2.05) is 24.3 Å². The molecule has 79 heavy (non-hydrogen) atoms. The zero-order valence-corrected chi connectivity index (χ0v) is 44.6. The number of aromatic carboxylic acids is 2. The highest BCUT2D eigenvalue weighted by atomic mass is 16.5. The van der Waals surface area contributed by atoms with Crippen LogP contribution in [0.4, 0.5) is 5.69 Å². The van der Waals surface area contributed by atoms with Crippen molar-refractivity contribution < 1.29 is 48.5 Å². The molecule has 0 radical (unpaired) electrons. The maximum atomic E-state index is 12.9. The smallest absolute Gasteiger partial charge is 0.339 e. The van der Waals surface area contributed by atoms with Crippen LogP contribution in [0.5, 0.6) is 23.0 Å². The summed E-state index contributed by atoms with van der Waals surface area (Å²) >= 11 is 0. The molecule has 0 fully saturated rings. The van der Waals surface area contributed by atoms with Crippen molar-refractivity contribution in [2.75, 3.05) is 33.2 Å². The Morgan fingerprint density at radius 2 is 1.30 bits per heavy atom. The van der Waals surface area contributed by atoms with Gasteiger partial charge in [-0.2, -0.15) is 4.57 Å². The van der Waals surface area contributed by atoms with Crippen LogP contribution in [0, 0.1) is 13.8 Å². The second-order valence-corrected chi connectivity index (χ2v) is 19.1. The van der Waals surface area contributed by atoms with Crippen molar-refractivity contribution in [3.05, 3.63) is 231 Å². The van der Waals surface area contributed by atoms with Gasteiger partial charge >= 0.3 is 11.9 Å². The summed E-state index contributed by atoms with van der Waals surface area (Å²) in [6, 6.07) is 54.3. The van der Waals surface area contributed by atoms with Crippen LogP contribution in [0.2, 0.25) is 0 Å². The average molecular weight is 1050 g/mol. The number of methoxy groups -OCH3 is 2. The quantitative estimate of drug-likeness (QED) is 0.105. The van der Waals surface area contributed by atoms with Gasteiger partial charge in [-0.25, -0.2) is 9.59 Å². The number of aryl methyl sites for hydroxylation is 2. The van der Waals surface area contributed by atoms with E-state index >= 15 is 0 Å². The van der Waals surface area contributed by atoms with Crippen LogP contribution < -0.4 is 29.5 Å². The molecule has 11 rings (SSSR count). The van der Waals surface area contributed by atoms with Gasteiger partial charge in [0.2, 0.25) is 11.2 Å². The maximum Gasteiger partial charge on any atom is 0.339 e. The Balaban J connectivity index is 0.000000146. The van der Waals surface area contributed by atoms with Gasteiger partial charge < -0.3 is 43.8 Å². The number of carbonyl (C=O) groups is 2. The number of aromatic hydroxyl groups is 1. The first-order chi connectivity index (χ1) is 38.0. The monoisotopic (exact) mass is 1050 g/mol. The van der Waals surface area contributed by atoms with E-state index in [2.05, 4.69) is 128 Å². The number of nitrogens with zero attached hydrogens (tertiary/aromatic N) is 3. The predicted molar refractivity (Wildman–Crippen MR) is 310 cm³/mol. The van der Waals surface area contributed by atoms with Crippen molar-refractivity contribution in [2.45, 2.75) is 20.3 Å². The lowest BCUT2D eigenvalue weighted by Gasteiger charge is -2.21. The van der Waals surface area contributed by atoms with E-state index in [4.69, 9.17) is 13.9 Å². The molecule has 3 aromatic heterocycles.